The van der Waals surface area contributed by atoms with Crippen LogP contribution >= 0.6 is 11.8 Å². The summed E-state index contributed by atoms with van der Waals surface area (Å²) in [5.41, 5.74) is 0.961. The number of hydrogen-bond donors (Lipinski definition) is 1. The predicted molar refractivity (Wildman–Crippen MR) is 99.4 cm³/mol. The lowest BCUT2D eigenvalue weighted by atomic mass is 10.2. The number of nitrogens with one attached hydrogen (secondary N) is 1. The molecule has 3 aromatic rings. The van der Waals surface area contributed by atoms with E-state index in [0.29, 0.717) is 6.54 Å². The van der Waals surface area contributed by atoms with Gasteiger partial charge in [-0.15, -0.1) is 10.2 Å². The van der Waals surface area contributed by atoms with Crippen LogP contribution in [0.5, 0.6) is 0 Å². The second-order valence-electron chi connectivity index (χ2n) is 5.75. The third kappa shape index (κ3) is 4.32. The van der Waals surface area contributed by atoms with Crippen molar-refractivity contribution in [3.63, 3.8) is 0 Å². The molecule has 3 rings (SSSR count). The molecule has 1 atom stereocenters. The maximum atomic E-state index is 12.3. The lowest BCUT2D eigenvalue weighted by Crippen LogP contribution is -2.30. The summed E-state index contributed by atoms with van der Waals surface area (Å²) in [6.07, 6.45) is 6.01. The second kappa shape index (κ2) is 8.66. The summed E-state index contributed by atoms with van der Waals surface area (Å²) in [6, 6.07) is 7.44. The zero-order valence-corrected chi connectivity index (χ0v) is 15.6. The number of aromatic nitrogens is 4. The van der Waals surface area contributed by atoms with E-state index in [1.807, 2.05) is 25.1 Å². The fraction of sp³-hybridized carbons (Fsp3) is 0.333. The molecule has 0 saturated heterocycles. The van der Waals surface area contributed by atoms with Gasteiger partial charge in [0.25, 0.3) is 0 Å². The zero-order chi connectivity index (χ0) is 18.4. The number of rotatable bonds is 8. The Morgan fingerprint density at radius 1 is 1.31 bits per heavy atom. The quantitative estimate of drug-likeness (QED) is 0.612. The number of pyridine rings is 1. The van der Waals surface area contributed by atoms with Crippen LogP contribution in [0.2, 0.25) is 0 Å². The molecule has 1 amide bonds. The number of furan rings is 1. The molecule has 0 saturated carbocycles. The lowest BCUT2D eigenvalue weighted by Gasteiger charge is -2.13. The van der Waals surface area contributed by atoms with Crippen molar-refractivity contribution in [2.24, 2.45) is 0 Å². The highest BCUT2D eigenvalue weighted by Crippen LogP contribution is 2.27. The molecule has 3 heterocycles. The Bertz CT molecular complexity index is 833. The van der Waals surface area contributed by atoms with Crippen LogP contribution in [-0.4, -0.2) is 30.9 Å². The van der Waals surface area contributed by atoms with Crippen LogP contribution in [0.3, 0.4) is 0 Å². The van der Waals surface area contributed by atoms with Crippen molar-refractivity contribution in [1.82, 2.24) is 25.1 Å². The number of carbonyl (C=O) groups excluding carboxylic acids is 1. The molecule has 0 bridgehead atoms. The highest BCUT2D eigenvalue weighted by atomic mass is 32.2. The molecule has 1 N–H and O–H groups in total. The largest absolute Gasteiger partial charge is 0.467 e. The van der Waals surface area contributed by atoms with E-state index in [1.165, 1.54) is 11.8 Å². The average Bonchev–Trinajstić information content (AvgIpc) is 3.31. The summed E-state index contributed by atoms with van der Waals surface area (Å²) in [4.78, 5) is 16.4. The van der Waals surface area contributed by atoms with Gasteiger partial charge in [-0.3, -0.25) is 9.78 Å². The van der Waals surface area contributed by atoms with Gasteiger partial charge in [-0.05, 0) is 37.6 Å². The number of hydrogen-bond acceptors (Lipinski definition) is 6. The molecule has 8 heteroatoms. The molecule has 0 aliphatic rings. The molecule has 0 aliphatic carbocycles. The normalized spacial score (nSPS) is 12.1. The van der Waals surface area contributed by atoms with Gasteiger partial charge in [0.15, 0.2) is 11.0 Å². The molecule has 1 unspecified atom stereocenters. The maximum absolute atomic E-state index is 12.3. The van der Waals surface area contributed by atoms with Crippen molar-refractivity contribution in [3.8, 4) is 11.4 Å². The van der Waals surface area contributed by atoms with Crippen molar-refractivity contribution in [3.05, 3.63) is 48.7 Å². The van der Waals surface area contributed by atoms with Crippen molar-refractivity contribution >= 4 is 17.7 Å². The molecule has 26 heavy (non-hydrogen) atoms. The Kier molecular flexibility index (Phi) is 6.06. The topological polar surface area (TPSA) is 85.8 Å². The second-order valence-corrected chi connectivity index (χ2v) is 7.06. The predicted octanol–water partition coefficient (Wildman–Crippen LogP) is 3.14. The molecule has 0 radical (unpaired) electrons. The van der Waals surface area contributed by atoms with Gasteiger partial charge in [-0.25, -0.2) is 0 Å². The summed E-state index contributed by atoms with van der Waals surface area (Å²) >= 11 is 1.40. The summed E-state index contributed by atoms with van der Waals surface area (Å²) in [6.45, 7) is 5.12. The van der Waals surface area contributed by atoms with E-state index in [1.54, 1.807) is 24.7 Å². The maximum Gasteiger partial charge on any atom is 0.233 e. The van der Waals surface area contributed by atoms with Gasteiger partial charge in [0, 0.05) is 24.5 Å². The fourth-order valence-corrected chi connectivity index (χ4v) is 3.36. The minimum absolute atomic E-state index is 0.0668. The summed E-state index contributed by atoms with van der Waals surface area (Å²) < 4.78 is 7.28. The summed E-state index contributed by atoms with van der Waals surface area (Å²) in [5.74, 6) is 1.45. The van der Waals surface area contributed by atoms with Crippen LogP contribution < -0.4 is 5.32 Å². The molecule has 3 aromatic heterocycles. The highest BCUT2D eigenvalue weighted by molar-refractivity contribution is 8.00. The number of thioether (sulfide) groups is 1. The van der Waals surface area contributed by atoms with Crippen molar-refractivity contribution in [2.75, 3.05) is 0 Å². The molecule has 0 aromatic carbocycles. The Morgan fingerprint density at radius 3 is 2.81 bits per heavy atom. The SMILES string of the molecule is CCCn1c(SC(C)C(=O)NCc2ccco2)nnc1-c1ccncc1. The van der Waals surface area contributed by atoms with Crippen LogP contribution in [0.4, 0.5) is 0 Å². The van der Waals surface area contributed by atoms with E-state index >= 15 is 0 Å². The van der Waals surface area contributed by atoms with Crippen LogP contribution in [0, 0.1) is 0 Å². The third-order valence-corrected chi connectivity index (χ3v) is 4.85. The zero-order valence-electron chi connectivity index (χ0n) is 14.8. The van der Waals surface area contributed by atoms with Crippen molar-refractivity contribution < 1.29 is 9.21 Å². The first-order valence-electron chi connectivity index (χ1n) is 8.49. The van der Waals surface area contributed by atoms with Crippen LogP contribution in [0.15, 0.2) is 52.5 Å². The molecule has 136 valence electrons. The van der Waals surface area contributed by atoms with Gasteiger partial charge in [0.05, 0.1) is 18.1 Å². The van der Waals surface area contributed by atoms with E-state index in [9.17, 15) is 4.79 Å². The van der Waals surface area contributed by atoms with Gasteiger partial charge >= 0.3 is 0 Å². The first-order chi connectivity index (χ1) is 12.7. The molecule has 0 fully saturated rings. The van der Waals surface area contributed by atoms with Crippen LogP contribution in [0.1, 0.15) is 26.0 Å². The minimum atomic E-state index is -0.296. The Balaban J connectivity index is 1.70. The van der Waals surface area contributed by atoms with E-state index in [-0.39, 0.29) is 11.2 Å². The van der Waals surface area contributed by atoms with Crippen LogP contribution in [0.25, 0.3) is 11.4 Å². The van der Waals surface area contributed by atoms with Gasteiger partial charge in [-0.1, -0.05) is 18.7 Å². The first-order valence-corrected chi connectivity index (χ1v) is 9.37. The fourth-order valence-electron chi connectivity index (χ4n) is 2.46. The van der Waals surface area contributed by atoms with Gasteiger partial charge in [-0.2, -0.15) is 0 Å². The molecular formula is C18H21N5O2S. The molecule has 7 nitrogen and oxygen atoms in total. The van der Waals surface area contributed by atoms with Crippen molar-refractivity contribution in [2.45, 2.75) is 43.8 Å². The van der Waals surface area contributed by atoms with E-state index in [2.05, 4.69) is 32.0 Å². The van der Waals surface area contributed by atoms with Crippen LogP contribution in [-0.2, 0) is 17.9 Å². The van der Waals surface area contributed by atoms with Gasteiger partial charge in [0.1, 0.15) is 5.76 Å². The van der Waals surface area contributed by atoms with Crippen molar-refractivity contribution in [1.29, 1.82) is 0 Å². The molecule has 0 spiro atoms. The smallest absolute Gasteiger partial charge is 0.233 e. The lowest BCUT2D eigenvalue weighted by molar-refractivity contribution is -0.120. The van der Waals surface area contributed by atoms with E-state index in [0.717, 1.165) is 35.3 Å². The Morgan fingerprint density at radius 2 is 2.12 bits per heavy atom. The van der Waals surface area contributed by atoms with Gasteiger partial charge < -0.3 is 14.3 Å². The average molecular weight is 371 g/mol. The first kappa shape index (κ1) is 18.2. The summed E-state index contributed by atoms with van der Waals surface area (Å²) in [7, 11) is 0. The standard InChI is InChI=1S/C18H21N5O2S/c1-3-10-23-16(14-6-8-19-9-7-14)21-22-18(23)26-13(2)17(24)20-12-15-5-4-11-25-15/h4-9,11,13H,3,10,12H2,1-2H3,(H,20,24). The van der Waals surface area contributed by atoms with E-state index in [4.69, 9.17) is 4.42 Å². The minimum Gasteiger partial charge on any atom is -0.467 e. The Labute approximate surface area is 156 Å². The van der Waals surface area contributed by atoms with Gasteiger partial charge in [0.2, 0.25) is 5.91 Å². The third-order valence-electron chi connectivity index (χ3n) is 3.77. The monoisotopic (exact) mass is 371 g/mol. The van der Waals surface area contributed by atoms with E-state index < -0.39 is 0 Å². The highest BCUT2D eigenvalue weighted by Gasteiger charge is 2.20. The Hall–Kier alpha value is -2.61. The molecule has 0 aliphatic heterocycles. The molecular weight excluding hydrogens is 350 g/mol. The summed E-state index contributed by atoms with van der Waals surface area (Å²) in [5, 5.41) is 11.9. The number of nitrogens with zero attached hydrogens (tertiary/aromatic N) is 4. The number of amides is 1. The number of carbonyl (C=O) groups is 1.